The molecule has 1 aromatic rings. The van der Waals surface area contributed by atoms with Crippen molar-refractivity contribution >= 4 is 27.3 Å². The number of rotatable bonds is 1. The Morgan fingerprint density at radius 2 is 2.36 bits per heavy atom. The molecule has 1 heterocycles. The second-order valence-corrected chi connectivity index (χ2v) is 2.59. The molecular weight excluding hydrogens is 214 g/mol. The summed E-state index contributed by atoms with van der Waals surface area (Å²) in [5, 5.41) is 10.3. The van der Waals surface area contributed by atoms with Crippen LogP contribution in [0.25, 0.3) is 0 Å². The first-order valence-corrected chi connectivity index (χ1v) is 3.46. The van der Waals surface area contributed by atoms with E-state index in [-0.39, 0.29) is 16.0 Å². The van der Waals surface area contributed by atoms with Gasteiger partial charge in [0, 0.05) is 6.07 Å². The summed E-state index contributed by atoms with van der Waals surface area (Å²) in [5.41, 5.74) is 5.43. The third-order valence-corrected chi connectivity index (χ3v) is 1.65. The normalized spacial score (nSPS) is 9.55. The van der Waals surface area contributed by atoms with Crippen LogP contribution in [0.4, 0.5) is 11.4 Å². The number of nitrogens with zero attached hydrogens (tertiary/aromatic N) is 2. The molecule has 0 aliphatic heterocycles. The number of hydrogen-bond acceptors (Lipinski definition) is 4. The van der Waals surface area contributed by atoms with Gasteiger partial charge in [0.05, 0.1) is 16.8 Å². The molecule has 0 radical (unpaired) electrons. The largest absolute Gasteiger partial charge is 0.397 e. The van der Waals surface area contributed by atoms with Crippen molar-refractivity contribution in [3.8, 4) is 0 Å². The van der Waals surface area contributed by atoms with Crippen molar-refractivity contribution in [2.45, 2.75) is 0 Å². The van der Waals surface area contributed by atoms with Crippen LogP contribution < -0.4 is 5.73 Å². The number of aromatic nitrogens is 1. The smallest absolute Gasteiger partial charge is 0.304 e. The molecule has 0 amide bonds. The molecule has 58 valence electrons. The maximum absolute atomic E-state index is 10.3. The zero-order valence-corrected chi connectivity index (χ0v) is 6.91. The van der Waals surface area contributed by atoms with Crippen LogP contribution in [0.1, 0.15) is 0 Å². The van der Waals surface area contributed by atoms with Gasteiger partial charge in [0.15, 0.2) is 4.60 Å². The van der Waals surface area contributed by atoms with E-state index in [4.69, 9.17) is 5.73 Å². The summed E-state index contributed by atoms with van der Waals surface area (Å²) in [6.45, 7) is 0. The van der Waals surface area contributed by atoms with Gasteiger partial charge in [-0.1, -0.05) is 0 Å². The molecule has 0 saturated carbocycles. The molecule has 0 atom stereocenters. The summed E-state index contributed by atoms with van der Waals surface area (Å²) in [5.74, 6) is 0. The van der Waals surface area contributed by atoms with Gasteiger partial charge in [-0.15, -0.1) is 0 Å². The number of hydrogen-bond donors (Lipinski definition) is 1. The highest BCUT2D eigenvalue weighted by Crippen LogP contribution is 2.23. The van der Waals surface area contributed by atoms with E-state index in [1.54, 1.807) is 0 Å². The minimum absolute atomic E-state index is 0.120. The van der Waals surface area contributed by atoms with Crippen LogP contribution in [0, 0.1) is 10.1 Å². The zero-order valence-electron chi connectivity index (χ0n) is 5.32. The van der Waals surface area contributed by atoms with Gasteiger partial charge in [0.25, 0.3) is 0 Å². The zero-order chi connectivity index (χ0) is 8.43. The Labute approximate surface area is 70.5 Å². The van der Waals surface area contributed by atoms with Gasteiger partial charge in [-0.25, -0.2) is 4.98 Å². The summed E-state index contributed by atoms with van der Waals surface area (Å²) in [6.07, 6.45) is 1.34. The fourth-order valence-electron chi connectivity index (χ4n) is 0.580. The molecule has 0 saturated heterocycles. The van der Waals surface area contributed by atoms with Gasteiger partial charge >= 0.3 is 5.69 Å². The van der Waals surface area contributed by atoms with Gasteiger partial charge in [-0.2, -0.15) is 0 Å². The molecule has 0 aliphatic carbocycles. The van der Waals surface area contributed by atoms with E-state index in [1.807, 2.05) is 0 Å². The quantitative estimate of drug-likeness (QED) is 0.438. The van der Waals surface area contributed by atoms with Crippen LogP contribution in [0.3, 0.4) is 0 Å². The van der Waals surface area contributed by atoms with Gasteiger partial charge in [0.2, 0.25) is 0 Å². The topological polar surface area (TPSA) is 82.0 Å². The monoisotopic (exact) mass is 217 g/mol. The van der Waals surface area contributed by atoms with E-state index < -0.39 is 4.92 Å². The van der Waals surface area contributed by atoms with Crippen LogP contribution in [-0.2, 0) is 0 Å². The average Bonchev–Trinajstić information content (AvgIpc) is 1.94. The molecule has 0 aliphatic rings. The van der Waals surface area contributed by atoms with Gasteiger partial charge < -0.3 is 5.73 Å². The maximum atomic E-state index is 10.3. The Kier molecular flexibility index (Phi) is 2.04. The van der Waals surface area contributed by atoms with Crippen LogP contribution in [0.2, 0.25) is 0 Å². The lowest BCUT2D eigenvalue weighted by Gasteiger charge is -1.94. The SMILES string of the molecule is Nc1cnc(Br)c([N+](=O)[O-])c1. The number of nitrogens with two attached hydrogens (primary N) is 1. The molecule has 6 heteroatoms. The summed E-state index contributed by atoms with van der Waals surface area (Å²) in [4.78, 5) is 13.4. The highest BCUT2D eigenvalue weighted by Gasteiger charge is 2.12. The van der Waals surface area contributed by atoms with Gasteiger partial charge in [-0.05, 0) is 15.9 Å². The van der Waals surface area contributed by atoms with E-state index >= 15 is 0 Å². The number of pyridine rings is 1. The Morgan fingerprint density at radius 3 is 2.82 bits per heavy atom. The van der Waals surface area contributed by atoms with Crippen LogP contribution >= 0.6 is 15.9 Å². The fraction of sp³-hybridized carbons (Fsp3) is 0. The first kappa shape index (κ1) is 7.93. The highest BCUT2D eigenvalue weighted by molar-refractivity contribution is 9.10. The van der Waals surface area contributed by atoms with Gasteiger partial charge in [0.1, 0.15) is 0 Å². The van der Waals surface area contributed by atoms with Crippen molar-refractivity contribution in [2.24, 2.45) is 0 Å². The molecule has 0 spiro atoms. The van der Waals surface area contributed by atoms with Crippen molar-refractivity contribution in [1.29, 1.82) is 0 Å². The average molecular weight is 218 g/mol. The van der Waals surface area contributed by atoms with Gasteiger partial charge in [-0.3, -0.25) is 10.1 Å². The highest BCUT2D eigenvalue weighted by atomic mass is 79.9. The van der Waals surface area contributed by atoms with Crippen LogP contribution in [0.5, 0.6) is 0 Å². The van der Waals surface area contributed by atoms with Crippen molar-refractivity contribution in [1.82, 2.24) is 4.98 Å². The molecule has 1 rings (SSSR count). The van der Waals surface area contributed by atoms with Crippen molar-refractivity contribution in [3.05, 3.63) is 27.0 Å². The Balaban J connectivity index is 3.23. The number of nitrogen functional groups attached to an aromatic ring is 1. The minimum Gasteiger partial charge on any atom is -0.397 e. The Morgan fingerprint density at radius 1 is 1.73 bits per heavy atom. The summed E-state index contributed by atoms with van der Waals surface area (Å²) < 4.78 is 0.191. The summed E-state index contributed by atoms with van der Waals surface area (Å²) in [6, 6.07) is 1.25. The van der Waals surface area contributed by atoms with E-state index in [1.165, 1.54) is 12.3 Å². The van der Waals surface area contributed by atoms with Crippen LogP contribution in [-0.4, -0.2) is 9.91 Å². The number of halogens is 1. The molecule has 0 bridgehead atoms. The second-order valence-electron chi connectivity index (χ2n) is 1.84. The Bertz CT molecular complexity index is 302. The molecule has 1 aromatic heterocycles. The van der Waals surface area contributed by atoms with E-state index in [0.717, 1.165) is 0 Å². The number of anilines is 1. The fourth-order valence-corrected chi connectivity index (χ4v) is 0.942. The molecule has 0 fully saturated rings. The minimum atomic E-state index is -0.548. The standard InChI is InChI=1S/C5H4BrN3O2/c6-5-4(9(10)11)1-3(7)2-8-5/h1-2H,7H2. The lowest BCUT2D eigenvalue weighted by Crippen LogP contribution is -1.94. The number of nitro groups is 1. The second kappa shape index (κ2) is 2.83. The third-order valence-electron chi connectivity index (χ3n) is 1.04. The predicted octanol–water partition coefficient (Wildman–Crippen LogP) is 1.33. The lowest BCUT2D eigenvalue weighted by atomic mass is 10.4. The Hall–Kier alpha value is -1.17. The van der Waals surface area contributed by atoms with E-state index in [2.05, 4.69) is 20.9 Å². The molecule has 2 N–H and O–H groups in total. The van der Waals surface area contributed by atoms with Crippen molar-refractivity contribution < 1.29 is 4.92 Å². The summed E-state index contributed by atoms with van der Waals surface area (Å²) >= 11 is 2.92. The van der Waals surface area contributed by atoms with E-state index in [9.17, 15) is 10.1 Å². The molecule has 0 unspecified atom stereocenters. The molecule has 11 heavy (non-hydrogen) atoms. The van der Waals surface area contributed by atoms with Crippen molar-refractivity contribution in [2.75, 3.05) is 5.73 Å². The molecular formula is C5H4BrN3O2. The lowest BCUT2D eigenvalue weighted by molar-refractivity contribution is -0.386. The maximum Gasteiger partial charge on any atom is 0.304 e. The van der Waals surface area contributed by atoms with Crippen LogP contribution in [0.15, 0.2) is 16.9 Å². The van der Waals surface area contributed by atoms with E-state index in [0.29, 0.717) is 0 Å². The molecule has 5 nitrogen and oxygen atoms in total. The first-order valence-electron chi connectivity index (χ1n) is 2.66. The first-order chi connectivity index (χ1) is 5.11. The predicted molar refractivity (Wildman–Crippen MR) is 43.0 cm³/mol. The third kappa shape index (κ3) is 1.64. The van der Waals surface area contributed by atoms with Crippen molar-refractivity contribution in [3.63, 3.8) is 0 Å². The summed E-state index contributed by atoms with van der Waals surface area (Å²) in [7, 11) is 0. The molecule has 0 aromatic carbocycles.